The Morgan fingerprint density at radius 1 is 1.71 bits per heavy atom. The fourth-order valence-electron chi connectivity index (χ4n) is 1.94. The van der Waals surface area contributed by atoms with Crippen LogP contribution in [0.1, 0.15) is 11.4 Å². The number of hydrogen-bond donors (Lipinski definition) is 2. The molecule has 1 aliphatic rings. The van der Waals surface area contributed by atoms with Crippen LogP contribution in [0.5, 0.6) is 0 Å². The summed E-state index contributed by atoms with van der Waals surface area (Å²) in [6, 6.07) is 0. The number of nitrogens with one attached hydrogen (secondary N) is 2. The van der Waals surface area contributed by atoms with E-state index in [0.717, 1.165) is 25.2 Å². The first-order valence-corrected chi connectivity index (χ1v) is 5.80. The molecule has 0 saturated heterocycles. The number of carbonyl (C=O) groups is 1. The highest BCUT2D eigenvalue weighted by Gasteiger charge is 2.15. The van der Waals surface area contributed by atoms with E-state index >= 15 is 0 Å². The van der Waals surface area contributed by atoms with Crippen molar-refractivity contribution in [2.75, 3.05) is 26.8 Å². The number of hydrogen-bond acceptors (Lipinski definition) is 4. The summed E-state index contributed by atoms with van der Waals surface area (Å²) in [5.41, 5.74) is 2.23. The number of nitrogens with zero attached hydrogens (tertiary/aromatic N) is 2. The van der Waals surface area contributed by atoms with Crippen molar-refractivity contribution in [3.8, 4) is 0 Å². The molecule has 2 rings (SSSR count). The van der Waals surface area contributed by atoms with Gasteiger partial charge >= 0.3 is 0 Å². The lowest BCUT2D eigenvalue weighted by Gasteiger charge is -2.15. The number of fused-ring (bicyclic) bond motifs is 1. The first-order chi connectivity index (χ1) is 8.31. The molecular weight excluding hydrogens is 220 g/mol. The van der Waals surface area contributed by atoms with Gasteiger partial charge in [0, 0.05) is 38.9 Å². The van der Waals surface area contributed by atoms with Crippen molar-refractivity contribution in [2.24, 2.45) is 0 Å². The topological polar surface area (TPSA) is 68.2 Å². The van der Waals surface area contributed by atoms with Gasteiger partial charge in [-0.3, -0.25) is 4.79 Å². The fourth-order valence-corrected chi connectivity index (χ4v) is 1.94. The van der Waals surface area contributed by atoms with Crippen LogP contribution >= 0.6 is 0 Å². The average Bonchev–Trinajstić information content (AvgIpc) is 2.73. The zero-order chi connectivity index (χ0) is 12.1. The molecule has 17 heavy (non-hydrogen) atoms. The second-order valence-corrected chi connectivity index (χ2v) is 4.04. The third-order valence-electron chi connectivity index (χ3n) is 2.81. The van der Waals surface area contributed by atoms with E-state index in [2.05, 4.69) is 15.6 Å². The van der Waals surface area contributed by atoms with Crippen LogP contribution in [-0.4, -0.2) is 42.3 Å². The molecule has 0 aliphatic carbocycles. The fraction of sp³-hybridized carbons (Fsp3) is 0.636. The standard InChI is InChI=1S/C11H18N4O2/c1-17-5-4-13-11(16)7-15-8-14-9-6-12-3-2-10(9)15/h8,12H,2-7H2,1H3,(H,13,16). The van der Waals surface area contributed by atoms with Gasteiger partial charge in [0.05, 0.1) is 18.6 Å². The highest BCUT2D eigenvalue weighted by Crippen LogP contribution is 2.11. The average molecular weight is 238 g/mol. The predicted octanol–water partition coefficient (Wildman–Crippen LogP) is -0.709. The van der Waals surface area contributed by atoms with Crippen molar-refractivity contribution in [3.63, 3.8) is 0 Å². The van der Waals surface area contributed by atoms with Crippen LogP contribution in [0.4, 0.5) is 0 Å². The van der Waals surface area contributed by atoms with Crippen molar-refractivity contribution < 1.29 is 9.53 Å². The molecule has 2 N–H and O–H groups in total. The molecule has 0 fully saturated rings. The van der Waals surface area contributed by atoms with Gasteiger partial charge in [0.1, 0.15) is 6.54 Å². The van der Waals surface area contributed by atoms with E-state index in [1.165, 1.54) is 5.69 Å². The minimum Gasteiger partial charge on any atom is -0.383 e. The van der Waals surface area contributed by atoms with Crippen molar-refractivity contribution in [3.05, 3.63) is 17.7 Å². The van der Waals surface area contributed by atoms with Gasteiger partial charge in [0.2, 0.25) is 5.91 Å². The number of amides is 1. The molecule has 1 aliphatic heterocycles. The quantitative estimate of drug-likeness (QED) is 0.665. The molecule has 0 unspecified atom stereocenters. The van der Waals surface area contributed by atoms with Crippen LogP contribution in [0.15, 0.2) is 6.33 Å². The van der Waals surface area contributed by atoms with E-state index < -0.39 is 0 Å². The van der Waals surface area contributed by atoms with Crippen LogP contribution in [0.2, 0.25) is 0 Å². The number of rotatable bonds is 5. The molecular formula is C11H18N4O2. The third-order valence-corrected chi connectivity index (χ3v) is 2.81. The Hall–Kier alpha value is -1.40. The summed E-state index contributed by atoms with van der Waals surface area (Å²) in [5, 5.41) is 6.06. The highest BCUT2D eigenvalue weighted by atomic mass is 16.5. The molecule has 0 atom stereocenters. The monoisotopic (exact) mass is 238 g/mol. The molecule has 0 spiro atoms. The Labute approximate surface area is 100 Å². The molecule has 2 heterocycles. The van der Waals surface area contributed by atoms with Crippen LogP contribution in [0.25, 0.3) is 0 Å². The molecule has 0 bridgehead atoms. The Morgan fingerprint density at radius 3 is 3.41 bits per heavy atom. The second-order valence-electron chi connectivity index (χ2n) is 4.04. The van der Waals surface area contributed by atoms with Gasteiger partial charge in [-0.2, -0.15) is 0 Å². The third kappa shape index (κ3) is 3.04. The van der Waals surface area contributed by atoms with Gasteiger partial charge in [0.25, 0.3) is 0 Å². The molecule has 1 aromatic rings. The highest BCUT2D eigenvalue weighted by molar-refractivity contribution is 5.75. The van der Waals surface area contributed by atoms with Crippen molar-refractivity contribution >= 4 is 5.91 Å². The number of aromatic nitrogens is 2. The molecule has 6 heteroatoms. The maximum atomic E-state index is 11.6. The second kappa shape index (κ2) is 5.79. The van der Waals surface area contributed by atoms with Crippen molar-refractivity contribution in [1.82, 2.24) is 20.2 Å². The lowest BCUT2D eigenvalue weighted by molar-refractivity contribution is -0.121. The summed E-state index contributed by atoms with van der Waals surface area (Å²) < 4.78 is 6.80. The van der Waals surface area contributed by atoms with Crippen LogP contribution in [-0.2, 0) is 29.0 Å². The smallest absolute Gasteiger partial charge is 0.240 e. The van der Waals surface area contributed by atoms with Gasteiger partial charge in [0.15, 0.2) is 0 Å². The number of methoxy groups -OCH3 is 1. The molecule has 0 saturated carbocycles. The number of imidazole rings is 1. The lowest BCUT2D eigenvalue weighted by Crippen LogP contribution is -2.31. The molecule has 1 amide bonds. The van der Waals surface area contributed by atoms with Gasteiger partial charge < -0.3 is 19.9 Å². The molecule has 0 aromatic carbocycles. The van der Waals surface area contributed by atoms with Gasteiger partial charge in [-0.25, -0.2) is 4.98 Å². The zero-order valence-corrected chi connectivity index (χ0v) is 10.0. The van der Waals surface area contributed by atoms with E-state index in [0.29, 0.717) is 19.7 Å². The molecule has 6 nitrogen and oxygen atoms in total. The van der Waals surface area contributed by atoms with Crippen LogP contribution in [0, 0.1) is 0 Å². The zero-order valence-electron chi connectivity index (χ0n) is 10.0. The normalized spacial score (nSPS) is 14.4. The van der Waals surface area contributed by atoms with Crippen molar-refractivity contribution in [2.45, 2.75) is 19.5 Å². The minimum absolute atomic E-state index is 0.000725. The maximum absolute atomic E-state index is 11.6. The Morgan fingerprint density at radius 2 is 2.59 bits per heavy atom. The van der Waals surface area contributed by atoms with E-state index in [-0.39, 0.29) is 5.91 Å². The van der Waals surface area contributed by atoms with E-state index in [4.69, 9.17) is 4.74 Å². The van der Waals surface area contributed by atoms with Gasteiger partial charge in [-0.1, -0.05) is 0 Å². The SMILES string of the molecule is COCCNC(=O)Cn1cnc2c1CCNC2. The summed E-state index contributed by atoms with van der Waals surface area (Å²) in [6.45, 7) is 3.18. The van der Waals surface area contributed by atoms with Gasteiger partial charge in [-0.05, 0) is 0 Å². The Kier molecular flexibility index (Phi) is 4.11. The molecule has 0 radical (unpaired) electrons. The van der Waals surface area contributed by atoms with Crippen molar-refractivity contribution in [1.29, 1.82) is 0 Å². The number of carbonyl (C=O) groups excluding carboxylic acids is 1. The lowest BCUT2D eigenvalue weighted by atomic mass is 10.2. The summed E-state index contributed by atoms with van der Waals surface area (Å²) in [7, 11) is 1.62. The summed E-state index contributed by atoms with van der Waals surface area (Å²) in [5.74, 6) is 0.000725. The van der Waals surface area contributed by atoms with Crippen LogP contribution in [0.3, 0.4) is 0 Å². The van der Waals surface area contributed by atoms with E-state index in [1.54, 1.807) is 13.4 Å². The first kappa shape index (κ1) is 12.1. The summed E-state index contributed by atoms with van der Waals surface area (Å²) in [4.78, 5) is 15.9. The van der Waals surface area contributed by atoms with Crippen LogP contribution < -0.4 is 10.6 Å². The predicted molar refractivity (Wildman–Crippen MR) is 62.5 cm³/mol. The van der Waals surface area contributed by atoms with E-state index in [1.807, 2.05) is 4.57 Å². The number of ether oxygens (including phenoxy) is 1. The largest absolute Gasteiger partial charge is 0.383 e. The first-order valence-electron chi connectivity index (χ1n) is 5.80. The minimum atomic E-state index is 0.000725. The molecule has 94 valence electrons. The maximum Gasteiger partial charge on any atom is 0.240 e. The summed E-state index contributed by atoms with van der Waals surface area (Å²) in [6.07, 6.45) is 2.67. The summed E-state index contributed by atoms with van der Waals surface area (Å²) >= 11 is 0. The Balaban J connectivity index is 1.90. The Bertz CT molecular complexity index is 389. The van der Waals surface area contributed by atoms with Gasteiger partial charge in [-0.15, -0.1) is 0 Å². The van der Waals surface area contributed by atoms with E-state index in [9.17, 15) is 4.79 Å². The molecule has 1 aromatic heterocycles.